The number of halogens is 4. The van der Waals surface area contributed by atoms with E-state index in [4.69, 9.17) is 11.6 Å². The predicted octanol–water partition coefficient (Wildman–Crippen LogP) is 3.72. The Morgan fingerprint density at radius 1 is 1.10 bits per heavy atom. The fraction of sp³-hybridized carbons (Fsp3) is 0.250. The fourth-order valence-corrected chi connectivity index (χ4v) is 3.22. The summed E-state index contributed by atoms with van der Waals surface area (Å²) in [6, 6.07) is 8.94. The van der Waals surface area contributed by atoms with Crippen molar-refractivity contribution in [1.82, 2.24) is 19.7 Å². The van der Waals surface area contributed by atoms with Gasteiger partial charge in [-0.15, -0.1) is 10.2 Å². The van der Waals surface area contributed by atoms with Gasteiger partial charge in [0.05, 0.1) is 22.8 Å². The average Bonchev–Trinajstić information content (AvgIpc) is 3.08. The van der Waals surface area contributed by atoms with Gasteiger partial charge in [-0.05, 0) is 44.4 Å². The second-order valence-electron chi connectivity index (χ2n) is 6.80. The molecule has 1 N–H and O–H groups in total. The topological polar surface area (TPSA) is 71.2 Å². The first kappa shape index (κ1) is 21.9. The minimum atomic E-state index is -4.65. The zero-order chi connectivity index (χ0) is 22.1. The number of hydrogen-bond acceptors (Lipinski definition) is 5. The number of aliphatic hydroxyl groups excluding tert-OH is 1. The Morgan fingerprint density at radius 2 is 1.77 bits per heavy atom. The lowest BCUT2D eigenvalue weighted by Crippen LogP contribution is -2.18. The molecule has 0 atom stereocenters. The maximum Gasteiger partial charge on any atom is 0.416 e. The van der Waals surface area contributed by atoms with Crippen molar-refractivity contribution in [3.63, 3.8) is 0 Å². The zero-order valence-corrected chi connectivity index (χ0v) is 16.9. The van der Waals surface area contributed by atoms with E-state index < -0.39 is 24.1 Å². The van der Waals surface area contributed by atoms with Gasteiger partial charge in [-0.3, -0.25) is 9.36 Å². The highest BCUT2D eigenvalue weighted by Crippen LogP contribution is 2.33. The van der Waals surface area contributed by atoms with E-state index in [1.807, 2.05) is 0 Å². The van der Waals surface area contributed by atoms with Gasteiger partial charge in [0.15, 0.2) is 17.4 Å². The maximum atomic E-state index is 13.4. The third-order valence-corrected chi connectivity index (χ3v) is 4.65. The maximum absolute atomic E-state index is 13.4. The summed E-state index contributed by atoms with van der Waals surface area (Å²) in [4.78, 5) is 15.0. The lowest BCUT2D eigenvalue weighted by atomic mass is 9.98. The molecule has 0 amide bonds. The summed E-state index contributed by atoms with van der Waals surface area (Å²) in [5.74, 6) is -0.230. The average molecular weight is 439 g/mol. The van der Waals surface area contributed by atoms with Crippen LogP contribution >= 0.6 is 11.6 Å². The number of ketones is 1. The Hall–Kier alpha value is -2.75. The number of aromatic nitrogens is 3. The number of alkyl halides is 3. The smallest absolute Gasteiger partial charge is 0.388 e. The molecule has 1 aromatic heterocycles. The fourth-order valence-electron chi connectivity index (χ4n) is 3.00. The first-order valence-electron chi connectivity index (χ1n) is 8.83. The standard InChI is InChI=1S/C20H18ClF3N4O2/c1-27(2)10-17-25-26-18(11-29)28(17)16-8-7-12(20(22,23)24)9-14(16)19(30)13-5-3-4-6-15(13)21/h3-9,29H,10-11H2,1-2H3. The highest BCUT2D eigenvalue weighted by atomic mass is 35.5. The van der Waals surface area contributed by atoms with Gasteiger partial charge in [0.2, 0.25) is 0 Å². The molecule has 0 aliphatic carbocycles. The molecular formula is C20H18ClF3N4O2. The van der Waals surface area contributed by atoms with E-state index in [9.17, 15) is 23.1 Å². The molecule has 0 aliphatic rings. The van der Waals surface area contributed by atoms with E-state index in [0.717, 1.165) is 12.1 Å². The van der Waals surface area contributed by atoms with Gasteiger partial charge >= 0.3 is 6.18 Å². The van der Waals surface area contributed by atoms with E-state index in [-0.39, 0.29) is 34.2 Å². The van der Waals surface area contributed by atoms with Crippen LogP contribution in [-0.4, -0.2) is 44.6 Å². The van der Waals surface area contributed by atoms with Crippen LogP contribution in [0.1, 0.15) is 33.1 Å². The van der Waals surface area contributed by atoms with Gasteiger partial charge in [0.1, 0.15) is 6.61 Å². The molecule has 3 rings (SSSR count). The molecular weight excluding hydrogens is 421 g/mol. The van der Waals surface area contributed by atoms with E-state index >= 15 is 0 Å². The number of carbonyl (C=O) groups excluding carboxylic acids is 1. The molecule has 10 heteroatoms. The molecule has 6 nitrogen and oxygen atoms in total. The number of rotatable bonds is 6. The minimum Gasteiger partial charge on any atom is -0.388 e. The van der Waals surface area contributed by atoms with Crippen LogP contribution < -0.4 is 0 Å². The Morgan fingerprint density at radius 3 is 2.37 bits per heavy atom. The Kier molecular flexibility index (Phi) is 6.25. The summed E-state index contributed by atoms with van der Waals surface area (Å²) in [5.41, 5.74) is -1.02. The second kappa shape index (κ2) is 8.55. The molecule has 0 unspecified atom stereocenters. The van der Waals surface area contributed by atoms with Gasteiger partial charge in [0.25, 0.3) is 0 Å². The van der Waals surface area contributed by atoms with Crippen molar-refractivity contribution < 1.29 is 23.1 Å². The van der Waals surface area contributed by atoms with Crippen LogP contribution in [-0.2, 0) is 19.3 Å². The molecule has 0 saturated carbocycles. The molecule has 2 aromatic carbocycles. The molecule has 0 saturated heterocycles. The summed E-state index contributed by atoms with van der Waals surface area (Å²) >= 11 is 6.11. The number of aliphatic hydroxyl groups is 1. The number of carbonyl (C=O) groups is 1. The Balaban J connectivity index is 2.28. The highest BCUT2D eigenvalue weighted by molar-refractivity contribution is 6.35. The van der Waals surface area contributed by atoms with Crippen LogP contribution in [0.15, 0.2) is 42.5 Å². The van der Waals surface area contributed by atoms with Gasteiger partial charge in [-0.25, -0.2) is 0 Å². The van der Waals surface area contributed by atoms with E-state index in [1.54, 1.807) is 31.1 Å². The van der Waals surface area contributed by atoms with Crippen molar-refractivity contribution >= 4 is 17.4 Å². The van der Waals surface area contributed by atoms with Gasteiger partial charge in [0, 0.05) is 11.1 Å². The summed E-state index contributed by atoms with van der Waals surface area (Å²) in [5, 5.41) is 17.7. The van der Waals surface area contributed by atoms with Gasteiger partial charge < -0.3 is 10.0 Å². The van der Waals surface area contributed by atoms with Gasteiger partial charge in [-0.2, -0.15) is 13.2 Å². The van der Waals surface area contributed by atoms with E-state index in [1.165, 1.54) is 22.8 Å². The van der Waals surface area contributed by atoms with Gasteiger partial charge in [-0.1, -0.05) is 23.7 Å². The van der Waals surface area contributed by atoms with Crippen molar-refractivity contribution in [2.75, 3.05) is 14.1 Å². The second-order valence-corrected chi connectivity index (χ2v) is 7.21. The van der Waals surface area contributed by atoms with E-state index in [2.05, 4.69) is 10.2 Å². The Bertz CT molecular complexity index is 1080. The summed E-state index contributed by atoms with van der Waals surface area (Å²) in [7, 11) is 3.56. The normalized spacial score (nSPS) is 11.9. The molecule has 3 aromatic rings. The molecule has 0 bridgehead atoms. The largest absolute Gasteiger partial charge is 0.416 e. The number of hydrogen-bond donors (Lipinski definition) is 1. The van der Waals surface area contributed by atoms with Crippen molar-refractivity contribution in [3.8, 4) is 5.69 Å². The van der Waals surface area contributed by atoms with Crippen LogP contribution in [0.25, 0.3) is 5.69 Å². The number of nitrogens with zero attached hydrogens (tertiary/aromatic N) is 4. The van der Waals surface area contributed by atoms with Crippen LogP contribution in [0, 0.1) is 0 Å². The van der Waals surface area contributed by atoms with E-state index in [0.29, 0.717) is 5.82 Å². The summed E-state index contributed by atoms with van der Waals surface area (Å²) in [6.45, 7) is -0.227. The lowest BCUT2D eigenvalue weighted by molar-refractivity contribution is -0.137. The van der Waals surface area contributed by atoms with Crippen molar-refractivity contribution in [2.24, 2.45) is 0 Å². The molecule has 0 spiro atoms. The Labute approximate surface area is 175 Å². The quantitative estimate of drug-likeness (QED) is 0.594. The third-order valence-electron chi connectivity index (χ3n) is 4.32. The molecule has 0 aliphatic heterocycles. The van der Waals surface area contributed by atoms with Crippen LogP contribution in [0.5, 0.6) is 0 Å². The van der Waals surface area contributed by atoms with Crippen molar-refractivity contribution in [3.05, 3.63) is 75.8 Å². The summed E-state index contributed by atoms with van der Waals surface area (Å²) in [6.07, 6.45) is -4.65. The molecule has 0 radical (unpaired) electrons. The monoisotopic (exact) mass is 438 g/mol. The van der Waals surface area contributed by atoms with Crippen LogP contribution in [0.4, 0.5) is 13.2 Å². The zero-order valence-electron chi connectivity index (χ0n) is 16.1. The van der Waals surface area contributed by atoms with Crippen LogP contribution in [0.2, 0.25) is 5.02 Å². The molecule has 30 heavy (non-hydrogen) atoms. The SMILES string of the molecule is CN(C)Cc1nnc(CO)n1-c1ccc(C(F)(F)F)cc1C(=O)c1ccccc1Cl. The summed E-state index contributed by atoms with van der Waals surface area (Å²) < 4.78 is 41.5. The number of benzene rings is 2. The van der Waals surface area contributed by atoms with Crippen LogP contribution in [0.3, 0.4) is 0 Å². The first-order chi connectivity index (χ1) is 14.1. The van der Waals surface area contributed by atoms with Crippen molar-refractivity contribution in [2.45, 2.75) is 19.3 Å². The molecule has 0 fully saturated rings. The first-order valence-corrected chi connectivity index (χ1v) is 9.21. The lowest BCUT2D eigenvalue weighted by Gasteiger charge is -2.18. The molecule has 1 heterocycles. The third kappa shape index (κ3) is 4.38. The highest BCUT2D eigenvalue weighted by Gasteiger charge is 2.33. The molecule has 158 valence electrons. The minimum absolute atomic E-state index is 0.0625. The van der Waals surface area contributed by atoms with Crippen molar-refractivity contribution in [1.29, 1.82) is 0 Å². The predicted molar refractivity (Wildman–Crippen MR) is 105 cm³/mol.